The number of rotatable bonds is 2. The van der Waals surface area contributed by atoms with E-state index in [1.54, 1.807) is 12.1 Å². The van der Waals surface area contributed by atoms with Crippen molar-refractivity contribution in [3.63, 3.8) is 0 Å². The van der Waals surface area contributed by atoms with Crippen molar-refractivity contribution in [1.82, 2.24) is 0 Å². The minimum absolute atomic E-state index is 0.188. The minimum atomic E-state index is -0.274. The van der Waals surface area contributed by atoms with E-state index in [2.05, 4.69) is 34.2 Å². The summed E-state index contributed by atoms with van der Waals surface area (Å²) in [6.07, 6.45) is 13.8. The first-order valence-corrected chi connectivity index (χ1v) is 8.95. The van der Waals surface area contributed by atoms with Gasteiger partial charge in [-0.25, -0.2) is 4.79 Å². The summed E-state index contributed by atoms with van der Waals surface area (Å²) in [6, 6.07) is 7.24. The third-order valence-electron chi connectivity index (χ3n) is 4.15. The molecular weight excluding hydrogens is 356 g/mol. The summed E-state index contributed by atoms with van der Waals surface area (Å²) >= 11 is 3.37. The summed E-state index contributed by atoms with van der Waals surface area (Å²) in [5, 5.41) is 0. The predicted octanol–water partition coefficient (Wildman–Crippen LogP) is 4.82. The number of allylic oxidation sites excluding steroid dienone is 2. The molecule has 0 amide bonds. The second-order valence-corrected chi connectivity index (χ2v) is 6.87. The third kappa shape index (κ3) is 5.05. The average molecular weight is 377 g/mol. The summed E-state index contributed by atoms with van der Waals surface area (Å²) in [6.45, 7) is 0. The molecule has 4 heteroatoms. The third-order valence-corrected chi connectivity index (χ3v) is 4.68. The highest BCUT2D eigenvalue weighted by atomic mass is 79.9. The van der Waals surface area contributed by atoms with Crippen LogP contribution in [0.3, 0.4) is 0 Å². The van der Waals surface area contributed by atoms with Crippen molar-refractivity contribution < 1.29 is 14.3 Å². The molecule has 3 rings (SSSR count). The second-order valence-electron chi connectivity index (χ2n) is 5.95. The van der Waals surface area contributed by atoms with Gasteiger partial charge in [0.2, 0.25) is 0 Å². The van der Waals surface area contributed by atoms with Gasteiger partial charge < -0.3 is 9.47 Å². The summed E-state index contributed by atoms with van der Waals surface area (Å²) in [4.78, 5) is 12.3. The normalized spacial score (nSPS) is 30.2. The second kappa shape index (κ2) is 7.93. The van der Waals surface area contributed by atoms with E-state index >= 15 is 0 Å². The Morgan fingerprint density at radius 1 is 1.04 bits per heavy atom. The van der Waals surface area contributed by atoms with Crippen LogP contribution in [-0.4, -0.2) is 24.3 Å². The summed E-state index contributed by atoms with van der Waals surface area (Å²) in [5.41, 5.74) is 0.578. The number of fused-ring (bicyclic) bond motifs is 1. The van der Waals surface area contributed by atoms with Crippen molar-refractivity contribution in [1.29, 1.82) is 0 Å². The van der Waals surface area contributed by atoms with Gasteiger partial charge in [0.05, 0.1) is 17.8 Å². The molecule has 23 heavy (non-hydrogen) atoms. The lowest BCUT2D eigenvalue weighted by atomic mass is 10.1. The fraction of sp³-hybridized carbons (Fsp3) is 0.421. The molecule has 2 aliphatic rings. The van der Waals surface area contributed by atoms with Gasteiger partial charge in [-0.1, -0.05) is 34.2 Å². The lowest BCUT2D eigenvalue weighted by Crippen LogP contribution is -2.16. The lowest BCUT2D eigenvalue weighted by molar-refractivity contribution is 0.0381. The Kier molecular flexibility index (Phi) is 5.68. The summed E-state index contributed by atoms with van der Waals surface area (Å²) in [7, 11) is 0. The van der Waals surface area contributed by atoms with Crippen molar-refractivity contribution in [3.05, 3.63) is 58.6 Å². The number of benzene rings is 1. The van der Waals surface area contributed by atoms with Crippen LogP contribution in [0.25, 0.3) is 0 Å². The molecule has 1 aromatic rings. The van der Waals surface area contributed by atoms with Crippen LogP contribution in [-0.2, 0) is 9.47 Å². The molecule has 0 saturated carbocycles. The van der Waals surface area contributed by atoms with E-state index < -0.39 is 0 Å². The van der Waals surface area contributed by atoms with Crippen molar-refractivity contribution in [3.8, 4) is 0 Å². The van der Waals surface area contributed by atoms with Gasteiger partial charge in [-0.2, -0.15) is 0 Å². The van der Waals surface area contributed by atoms with E-state index in [1.807, 2.05) is 18.2 Å². The molecular formula is C19H21BrO3. The Labute approximate surface area is 145 Å². The highest BCUT2D eigenvalue weighted by Gasteiger charge is 2.36. The standard InChI is InChI=1S/C19H21BrO3/c20-15-12-10-14(11-13-15)19(21)22-16-6-3-1-2-4-8-17-18(23-17)9-5-7-16/h1-2,5,7,10-13,16-18H,3-4,6,8-9H2/b2-1-,7-5-/t16-,17+,18+/m0/s1. The monoisotopic (exact) mass is 376 g/mol. The van der Waals surface area contributed by atoms with Crippen molar-refractivity contribution in [2.24, 2.45) is 0 Å². The fourth-order valence-electron chi connectivity index (χ4n) is 2.75. The molecule has 0 N–H and O–H groups in total. The quantitative estimate of drug-likeness (QED) is 0.422. The number of esters is 1. The smallest absolute Gasteiger partial charge is 0.338 e. The summed E-state index contributed by atoms with van der Waals surface area (Å²) < 4.78 is 12.2. The Morgan fingerprint density at radius 3 is 2.57 bits per heavy atom. The molecule has 122 valence electrons. The van der Waals surface area contributed by atoms with Gasteiger partial charge in [-0.3, -0.25) is 0 Å². The predicted molar refractivity (Wildman–Crippen MR) is 93.4 cm³/mol. The highest BCUT2D eigenvalue weighted by molar-refractivity contribution is 9.10. The van der Waals surface area contributed by atoms with Crippen LogP contribution in [0.15, 0.2) is 53.0 Å². The van der Waals surface area contributed by atoms with Gasteiger partial charge >= 0.3 is 5.97 Å². The Balaban J connectivity index is 1.61. The topological polar surface area (TPSA) is 38.8 Å². The number of epoxide rings is 1. The zero-order valence-corrected chi connectivity index (χ0v) is 14.6. The lowest BCUT2D eigenvalue weighted by Gasteiger charge is -2.14. The average Bonchev–Trinajstić information content (AvgIpc) is 3.27. The zero-order valence-electron chi connectivity index (χ0n) is 13.0. The maximum Gasteiger partial charge on any atom is 0.338 e. The molecule has 1 fully saturated rings. The van der Waals surface area contributed by atoms with Gasteiger partial charge in [-0.05, 0) is 62.4 Å². The maximum absolute atomic E-state index is 12.3. The zero-order chi connectivity index (χ0) is 16.1. The van der Waals surface area contributed by atoms with E-state index in [4.69, 9.17) is 9.47 Å². The number of ether oxygens (including phenoxy) is 2. The molecule has 1 aliphatic heterocycles. The van der Waals surface area contributed by atoms with Crippen molar-refractivity contribution in [2.45, 2.75) is 50.4 Å². The molecule has 1 aliphatic carbocycles. The molecule has 3 atom stereocenters. The van der Waals surface area contributed by atoms with Crippen LogP contribution in [0.5, 0.6) is 0 Å². The van der Waals surface area contributed by atoms with Crippen LogP contribution < -0.4 is 0 Å². The van der Waals surface area contributed by atoms with Crippen molar-refractivity contribution >= 4 is 21.9 Å². The van der Waals surface area contributed by atoms with Crippen LogP contribution in [0.1, 0.15) is 42.5 Å². The SMILES string of the molecule is O=C(O[C@@H]1/C=C\C[C@H]2O[C@@H]2CC/C=C\CC1)c1ccc(Br)cc1. The number of carbonyl (C=O) groups excluding carboxylic acids is 1. The molecule has 0 spiro atoms. The number of carbonyl (C=O) groups is 1. The van der Waals surface area contributed by atoms with E-state index in [0.29, 0.717) is 17.8 Å². The minimum Gasteiger partial charge on any atom is -0.455 e. The van der Waals surface area contributed by atoms with Crippen LogP contribution in [0.2, 0.25) is 0 Å². The Morgan fingerprint density at radius 2 is 1.78 bits per heavy atom. The molecule has 0 bridgehead atoms. The number of halogens is 1. The molecule has 0 aromatic heterocycles. The first-order valence-electron chi connectivity index (χ1n) is 8.16. The van der Waals surface area contributed by atoms with E-state index in [-0.39, 0.29) is 12.1 Å². The maximum atomic E-state index is 12.3. The van der Waals surface area contributed by atoms with Gasteiger partial charge in [0, 0.05) is 4.47 Å². The molecule has 1 saturated heterocycles. The van der Waals surface area contributed by atoms with Gasteiger partial charge in [0.15, 0.2) is 0 Å². The highest BCUT2D eigenvalue weighted by Crippen LogP contribution is 2.30. The van der Waals surface area contributed by atoms with Crippen molar-refractivity contribution in [2.75, 3.05) is 0 Å². The van der Waals surface area contributed by atoms with Crippen LogP contribution in [0.4, 0.5) is 0 Å². The molecule has 1 heterocycles. The Hall–Kier alpha value is -1.39. The fourth-order valence-corrected chi connectivity index (χ4v) is 3.01. The van der Waals surface area contributed by atoms with Gasteiger partial charge in [0.25, 0.3) is 0 Å². The van der Waals surface area contributed by atoms with Crippen LogP contribution in [0, 0.1) is 0 Å². The summed E-state index contributed by atoms with van der Waals surface area (Å²) in [5.74, 6) is -0.274. The van der Waals surface area contributed by atoms with E-state index in [9.17, 15) is 4.79 Å². The number of hydrogen-bond donors (Lipinski definition) is 0. The molecule has 1 aromatic carbocycles. The molecule has 3 nitrogen and oxygen atoms in total. The van der Waals surface area contributed by atoms with Gasteiger partial charge in [-0.15, -0.1) is 0 Å². The first kappa shape index (κ1) is 16.5. The number of hydrogen-bond acceptors (Lipinski definition) is 3. The van der Waals surface area contributed by atoms with Crippen LogP contribution >= 0.6 is 15.9 Å². The molecule has 0 radical (unpaired) electrons. The van der Waals surface area contributed by atoms with E-state index in [1.165, 1.54) is 0 Å². The van der Waals surface area contributed by atoms with Gasteiger partial charge in [0.1, 0.15) is 6.10 Å². The first-order chi connectivity index (χ1) is 11.2. The Bertz CT molecular complexity index is 591. The molecule has 0 unspecified atom stereocenters. The van der Waals surface area contributed by atoms with E-state index in [0.717, 1.165) is 36.6 Å². The largest absolute Gasteiger partial charge is 0.455 e.